The molecular weight excluding hydrogens is 396 g/mol. The van der Waals surface area contributed by atoms with Crippen LogP contribution in [-0.4, -0.2) is 37.8 Å². The van der Waals surface area contributed by atoms with E-state index < -0.39 is 4.92 Å². The van der Waals surface area contributed by atoms with Gasteiger partial charge in [-0.1, -0.05) is 30.0 Å². The van der Waals surface area contributed by atoms with Crippen molar-refractivity contribution < 1.29 is 14.8 Å². The third kappa shape index (κ3) is 4.98. The highest BCUT2D eigenvalue weighted by Gasteiger charge is 2.14. The summed E-state index contributed by atoms with van der Waals surface area (Å²) in [7, 11) is 0. The number of nitrogens with zero attached hydrogens (tertiary/aromatic N) is 3. The predicted octanol–water partition coefficient (Wildman–Crippen LogP) is 2.42. The summed E-state index contributed by atoms with van der Waals surface area (Å²) in [5.41, 5.74) is 0.489. The lowest BCUT2D eigenvalue weighted by Gasteiger charge is -2.12. The Morgan fingerprint density at radius 1 is 1.24 bits per heavy atom. The van der Waals surface area contributed by atoms with Gasteiger partial charge in [0.25, 0.3) is 11.2 Å². The van der Waals surface area contributed by atoms with E-state index in [1.165, 1.54) is 22.8 Å². The van der Waals surface area contributed by atoms with Crippen LogP contribution in [0.4, 0.5) is 11.4 Å². The van der Waals surface area contributed by atoms with Crippen LogP contribution >= 0.6 is 11.8 Å². The van der Waals surface area contributed by atoms with E-state index in [4.69, 9.17) is 5.11 Å². The molecule has 150 valence electrons. The highest BCUT2D eigenvalue weighted by molar-refractivity contribution is 7.99. The van der Waals surface area contributed by atoms with E-state index in [0.29, 0.717) is 28.2 Å². The first-order valence-electron chi connectivity index (χ1n) is 8.77. The van der Waals surface area contributed by atoms with Crippen molar-refractivity contribution in [2.24, 2.45) is 0 Å². The first kappa shape index (κ1) is 20.5. The summed E-state index contributed by atoms with van der Waals surface area (Å²) in [5, 5.41) is 23.4. The third-order valence-corrected chi connectivity index (χ3v) is 5.02. The molecule has 3 aromatic rings. The number of aromatic nitrogens is 2. The van der Waals surface area contributed by atoms with Crippen molar-refractivity contribution in [3.8, 4) is 0 Å². The van der Waals surface area contributed by atoms with Crippen molar-refractivity contribution in [1.29, 1.82) is 0 Å². The number of nitro benzene ring substituents is 1. The lowest BCUT2D eigenvalue weighted by molar-refractivity contribution is -0.384. The number of aliphatic hydroxyl groups is 1. The molecule has 0 fully saturated rings. The number of aliphatic hydroxyl groups excluding tert-OH is 1. The normalized spacial score (nSPS) is 10.8. The number of benzene rings is 2. The van der Waals surface area contributed by atoms with Crippen LogP contribution in [0.1, 0.15) is 6.42 Å². The van der Waals surface area contributed by atoms with Gasteiger partial charge < -0.3 is 10.4 Å². The number of hydrogen-bond acceptors (Lipinski definition) is 7. The van der Waals surface area contributed by atoms with Crippen LogP contribution in [-0.2, 0) is 11.3 Å². The average molecular weight is 414 g/mol. The minimum absolute atomic E-state index is 0.0351. The zero-order valence-corrected chi connectivity index (χ0v) is 16.1. The second-order valence-corrected chi connectivity index (χ2v) is 7.03. The fourth-order valence-corrected chi connectivity index (χ4v) is 3.53. The highest BCUT2D eigenvalue weighted by atomic mass is 32.2. The van der Waals surface area contributed by atoms with Crippen LogP contribution in [0.15, 0.2) is 58.5 Å². The number of thioether (sulfide) groups is 1. The van der Waals surface area contributed by atoms with E-state index in [-0.39, 0.29) is 36.1 Å². The number of nitro groups is 1. The van der Waals surface area contributed by atoms with Crippen molar-refractivity contribution in [2.45, 2.75) is 18.1 Å². The molecule has 2 aromatic carbocycles. The minimum atomic E-state index is -0.538. The molecule has 0 radical (unpaired) electrons. The Labute approximate surface area is 169 Å². The van der Waals surface area contributed by atoms with Crippen LogP contribution in [0.5, 0.6) is 0 Å². The minimum Gasteiger partial charge on any atom is -0.396 e. The Morgan fingerprint density at radius 2 is 2.03 bits per heavy atom. The van der Waals surface area contributed by atoms with Gasteiger partial charge in [0, 0.05) is 31.0 Å². The molecule has 0 atom stereocenters. The van der Waals surface area contributed by atoms with Gasteiger partial charge in [0.1, 0.15) is 0 Å². The first-order valence-corrected chi connectivity index (χ1v) is 9.75. The van der Waals surface area contributed by atoms with Gasteiger partial charge in [-0.2, -0.15) is 0 Å². The van der Waals surface area contributed by atoms with E-state index >= 15 is 0 Å². The van der Waals surface area contributed by atoms with Crippen molar-refractivity contribution in [3.05, 3.63) is 69.0 Å². The van der Waals surface area contributed by atoms with E-state index in [9.17, 15) is 19.7 Å². The molecule has 0 spiro atoms. The number of non-ortho nitro benzene ring substituents is 1. The molecule has 2 N–H and O–H groups in total. The molecule has 0 bridgehead atoms. The number of rotatable bonds is 8. The molecule has 10 heteroatoms. The maximum Gasteiger partial charge on any atom is 0.271 e. The predicted molar refractivity (Wildman–Crippen MR) is 110 cm³/mol. The van der Waals surface area contributed by atoms with Crippen molar-refractivity contribution in [1.82, 2.24) is 9.55 Å². The molecule has 0 saturated heterocycles. The van der Waals surface area contributed by atoms with Gasteiger partial charge in [-0.3, -0.25) is 24.3 Å². The number of nitrogens with one attached hydrogen (secondary N) is 1. The summed E-state index contributed by atoms with van der Waals surface area (Å²) in [5.74, 6) is -0.418. The Kier molecular flexibility index (Phi) is 6.57. The molecule has 0 aliphatic heterocycles. The SMILES string of the molecule is O=C(CSc1nc2ccccc2c(=O)n1CCCO)Nc1cccc([N+](=O)[O-])c1. The van der Waals surface area contributed by atoms with Crippen molar-refractivity contribution in [2.75, 3.05) is 17.7 Å². The van der Waals surface area contributed by atoms with Crippen LogP contribution < -0.4 is 10.9 Å². The number of carbonyl (C=O) groups is 1. The molecule has 3 rings (SSSR count). The van der Waals surface area contributed by atoms with Crippen molar-refractivity contribution >= 4 is 39.9 Å². The zero-order chi connectivity index (χ0) is 20.8. The second-order valence-electron chi connectivity index (χ2n) is 6.09. The topological polar surface area (TPSA) is 127 Å². The fourth-order valence-electron chi connectivity index (χ4n) is 2.71. The molecule has 1 heterocycles. The van der Waals surface area contributed by atoms with Crippen LogP contribution in [0.2, 0.25) is 0 Å². The Morgan fingerprint density at radius 3 is 2.79 bits per heavy atom. The maximum absolute atomic E-state index is 12.8. The molecule has 0 aliphatic carbocycles. The summed E-state index contributed by atoms with van der Waals surface area (Å²) >= 11 is 1.09. The molecule has 0 unspecified atom stereocenters. The smallest absolute Gasteiger partial charge is 0.271 e. The van der Waals surface area contributed by atoms with Crippen molar-refractivity contribution in [3.63, 3.8) is 0 Å². The van der Waals surface area contributed by atoms with Gasteiger partial charge in [-0.25, -0.2) is 4.98 Å². The second kappa shape index (κ2) is 9.30. The van der Waals surface area contributed by atoms with E-state index in [1.54, 1.807) is 30.3 Å². The first-order chi connectivity index (χ1) is 14.0. The van der Waals surface area contributed by atoms with Crippen LogP contribution in [0.3, 0.4) is 0 Å². The molecule has 0 saturated carbocycles. The van der Waals surface area contributed by atoms with Crippen LogP contribution in [0, 0.1) is 10.1 Å². The van der Waals surface area contributed by atoms with Gasteiger partial charge in [-0.15, -0.1) is 0 Å². The number of carbonyl (C=O) groups excluding carboxylic acids is 1. The molecule has 1 aromatic heterocycles. The molecule has 9 nitrogen and oxygen atoms in total. The summed E-state index contributed by atoms with van der Waals surface area (Å²) < 4.78 is 1.45. The third-order valence-electron chi connectivity index (χ3n) is 4.04. The molecule has 29 heavy (non-hydrogen) atoms. The van der Waals surface area contributed by atoms with Gasteiger partial charge >= 0.3 is 0 Å². The van der Waals surface area contributed by atoms with E-state index in [1.807, 2.05) is 0 Å². The lowest BCUT2D eigenvalue weighted by Crippen LogP contribution is -2.24. The van der Waals surface area contributed by atoms with Gasteiger partial charge in [0.05, 0.1) is 21.6 Å². The summed E-state index contributed by atoms with van der Waals surface area (Å²) in [6.45, 7) is 0.207. The maximum atomic E-state index is 12.8. The molecular formula is C19H18N4O5S. The standard InChI is InChI=1S/C19H18N4O5S/c24-10-4-9-22-18(26)15-7-1-2-8-16(15)21-19(22)29-12-17(25)20-13-5-3-6-14(11-13)23(27)28/h1-3,5-8,11,24H,4,9-10,12H2,(H,20,25). The largest absolute Gasteiger partial charge is 0.396 e. The van der Waals surface area contributed by atoms with E-state index in [0.717, 1.165) is 11.8 Å². The number of amides is 1. The van der Waals surface area contributed by atoms with Gasteiger partial charge in [0.15, 0.2) is 5.16 Å². The lowest BCUT2D eigenvalue weighted by atomic mass is 10.2. The Hall–Kier alpha value is -3.24. The van der Waals surface area contributed by atoms with Crippen LogP contribution in [0.25, 0.3) is 10.9 Å². The number of para-hydroxylation sites is 1. The fraction of sp³-hybridized carbons (Fsp3) is 0.211. The Bertz CT molecular complexity index is 1120. The quantitative estimate of drug-likeness (QED) is 0.251. The molecule has 0 aliphatic rings. The van der Waals surface area contributed by atoms with Gasteiger partial charge in [-0.05, 0) is 24.6 Å². The average Bonchev–Trinajstić information content (AvgIpc) is 2.72. The summed E-state index contributed by atoms with van der Waals surface area (Å²) in [6.07, 6.45) is 0.382. The monoisotopic (exact) mass is 414 g/mol. The van der Waals surface area contributed by atoms with Gasteiger partial charge in [0.2, 0.25) is 5.91 Å². The summed E-state index contributed by atoms with van der Waals surface area (Å²) in [4.78, 5) is 39.8. The van der Waals surface area contributed by atoms with E-state index in [2.05, 4.69) is 10.3 Å². The Balaban J connectivity index is 1.78. The zero-order valence-electron chi connectivity index (χ0n) is 15.3. The number of fused-ring (bicyclic) bond motifs is 1. The highest BCUT2D eigenvalue weighted by Crippen LogP contribution is 2.20. The number of hydrogen-bond donors (Lipinski definition) is 2. The molecule has 1 amide bonds. The summed E-state index contributed by atoms with van der Waals surface area (Å²) in [6, 6.07) is 12.6. The number of anilines is 1.